The summed E-state index contributed by atoms with van der Waals surface area (Å²) in [6.45, 7) is 0. The largest absolute Gasteiger partial charge is 0.496 e. The molecule has 0 spiro atoms. The van der Waals surface area contributed by atoms with E-state index in [1.807, 2.05) is 66.7 Å². The molecule has 4 rings (SSSR count). The zero-order chi connectivity index (χ0) is 25.9. The average molecular weight is 519 g/mol. The maximum atomic E-state index is 12.4. The van der Waals surface area contributed by atoms with E-state index in [0.29, 0.717) is 23.1 Å². The summed E-state index contributed by atoms with van der Waals surface area (Å²) >= 11 is 1.40. The second kappa shape index (κ2) is 13.2. The number of rotatable bonds is 12. The Balaban J connectivity index is 1.15. The molecule has 0 aliphatic carbocycles. The predicted molar refractivity (Wildman–Crippen MR) is 144 cm³/mol. The number of para-hydroxylation sites is 1. The molecular weight excluding hydrogens is 488 g/mol. The van der Waals surface area contributed by atoms with Crippen molar-refractivity contribution >= 4 is 28.3 Å². The lowest BCUT2D eigenvalue weighted by molar-refractivity contribution is -0.120. The maximum absolute atomic E-state index is 12.4. The topological polar surface area (TPSA) is 117 Å². The van der Waals surface area contributed by atoms with Crippen LogP contribution in [0.5, 0.6) is 5.75 Å². The van der Waals surface area contributed by atoms with Crippen molar-refractivity contribution in [3.63, 3.8) is 0 Å². The minimum absolute atomic E-state index is 0.0731. The van der Waals surface area contributed by atoms with Crippen LogP contribution in [0.2, 0.25) is 0 Å². The van der Waals surface area contributed by atoms with Crippen molar-refractivity contribution in [2.75, 3.05) is 12.4 Å². The van der Waals surface area contributed by atoms with Gasteiger partial charge < -0.3 is 20.8 Å². The van der Waals surface area contributed by atoms with E-state index in [9.17, 15) is 9.59 Å². The zero-order valence-electron chi connectivity index (χ0n) is 20.6. The molecule has 1 aromatic heterocycles. The Morgan fingerprint density at radius 3 is 2.41 bits per heavy atom. The first-order valence-corrected chi connectivity index (χ1v) is 12.9. The van der Waals surface area contributed by atoms with Crippen molar-refractivity contribution in [2.24, 2.45) is 0 Å². The van der Waals surface area contributed by atoms with Gasteiger partial charge in [-0.3, -0.25) is 15.0 Å². The van der Waals surface area contributed by atoms with Gasteiger partial charge in [0.25, 0.3) is 0 Å². The molecule has 9 nitrogen and oxygen atoms in total. The van der Waals surface area contributed by atoms with Crippen LogP contribution in [0, 0.1) is 0 Å². The minimum Gasteiger partial charge on any atom is -0.496 e. The van der Waals surface area contributed by atoms with Crippen molar-refractivity contribution in [3.8, 4) is 5.75 Å². The van der Waals surface area contributed by atoms with Crippen LogP contribution in [0.3, 0.4) is 0 Å². The first-order chi connectivity index (χ1) is 18.1. The van der Waals surface area contributed by atoms with Crippen LogP contribution < -0.4 is 26.2 Å². The Kier molecular flexibility index (Phi) is 9.25. The number of nitrogens with zero attached hydrogens (tertiary/aromatic N) is 2. The zero-order valence-corrected chi connectivity index (χ0v) is 21.4. The first-order valence-electron chi connectivity index (χ1n) is 12.1. The van der Waals surface area contributed by atoms with E-state index < -0.39 is 0 Å². The maximum Gasteiger partial charge on any atom is 0.230 e. The quantitative estimate of drug-likeness (QED) is 0.271. The summed E-state index contributed by atoms with van der Waals surface area (Å²) in [5.41, 5.74) is 9.01. The Bertz CT molecular complexity index is 1270. The molecule has 4 N–H and O–H groups in total. The van der Waals surface area contributed by atoms with Crippen LogP contribution in [0.1, 0.15) is 35.4 Å². The second-order valence-corrected chi connectivity index (χ2v) is 9.54. The van der Waals surface area contributed by atoms with Crippen LogP contribution in [0.4, 0.5) is 5.13 Å². The number of methoxy groups -OCH3 is 1. The number of carbonyl (C=O) groups is 2. The fourth-order valence-electron chi connectivity index (χ4n) is 3.79. The Morgan fingerprint density at radius 2 is 1.62 bits per heavy atom. The molecule has 192 valence electrons. The summed E-state index contributed by atoms with van der Waals surface area (Å²) in [5.74, 6) is 1.08. The summed E-state index contributed by atoms with van der Waals surface area (Å²) in [5, 5.41) is 15.4. The molecule has 0 saturated heterocycles. The number of amides is 2. The van der Waals surface area contributed by atoms with Gasteiger partial charge in [-0.15, -0.1) is 10.2 Å². The van der Waals surface area contributed by atoms with Gasteiger partial charge in [-0.1, -0.05) is 59.9 Å². The third-order valence-corrected chi connectivity index (χ3v) is 6.53. The van der Waals surface area contributed by atoms with Gasteiger partial charge in [-0.05, 0) is 43.0 Å². The van der Waals surface area contributed by atoms with E-state index in [-0.39, 0.29) is 18.2 Å². The van der Waals surface area contributed by atoms with Crippen LogP contribution >= 0.6 is 11.3 Å². The molecule has 2 amide bonds. The van der Waals surface area contributed by atoms with Gasteiger partial charge in [0.05, 0.1) is 20.0 Å². The normalized spacial score (nSPS) is 12.5. The smallest absolute Gasteiger partial charge is 0.230 e. The molecular formula is C27H30N6O3S. The summed E-state index contributed by atoms with van der Waals surface area (Å²) in [4.78, 5) is 24.6. The Morgan fingerprint density at radius 1 is 0.865 bits per heavy atom. The molecule has 1 aliphatic heterocycles. The van der Waals surface area contributed by atoms with Gasteiger partial charge in [0.15, 0.2) is 0 Å². The van der Waals surface area contributed by atoms with Gasteiger partial charge >= 0.3 is 0 Å². The summed E-state index contributed by atoms with van der Waals surface area (Å²) in [6.07, 6.45) is 7.91. The molecule has 10 heteroatoms. The number of benzene rings is 2. The summed E-state index contributed by atoms with van der Waals surface area (Å²) < 4.78 is 5.30. The molecule has 0 bridgehead atoms. The molecule has 3 aromatic rings. The van der Waals surface area contributed by atoms with Gasteiger partial charge in [-0.2, -0.15) is 0 Å². The second-order valence-electron chi connectivity index (χ2n) is 8.48. The van der Waals surface area contributed by atoms with Gasteiger partial charge in [0.2, 0.25) is 16.9 Å². The number of hydrogen-bond donors (Lipinski definition) is 4. The van der Waals surface area contributed by atoms with Crippen molar-refractivity contribution in [1.82, 2.24) is 26.4 Å². The molecule has 0 radical (unpaired) electrons. The molecule has 0 fully saturated rings. The van der Waals surface area contributed by atoms with Gasteiger partial charge in [0.1, 0.15) is 16.6 Å². The number of aromatic nitrogens is 2. The number of unbranched alkanes of at least 4 members (excludes halogenated alkanes) is 1. The number of hydrazine groups is 1. The van der Waals surface area contributed by atoms with Crippen LogP contribution in [-0.2, 0) is 28.9 Å². The molecule has 2 heterocycles. The Hall–Kier alpha value is -4.18. The molecule has 1 aliphatic rings. The number of carbonyl (C=O) groups excluding carboxylic acids is 2. The standard InChI is InChI=1S/C27H30N6O3S/c1-36-22-13-7-5-11-20(22)18-25(35)29-27-33-32-26(37-27)14-8-6-12-21-15-16-23(31-30-21)28-24(34)17-19-9-3-2-4-10-19/h2-5,7,9-11,13,15-16,30-31H,6,8,12,14,17-18H2,1H3,(H,28,34)(H,29,33,35). The number of anilines is 1. The Labute approximate surface area is 220 Å². The average Bonchev–Trinajstić information content (AvgIpc) is 3.35. The number of nitrogens with one attached hydrogen (secondary N) is 4. The van der Waals surface area contributed by atoms with E-state index in [1.165, 1.54) is 11.3 Å². The predicted octanol–water partition coefficient (Wildman–Crippen LogP) is 3.63. The summed E-state index contributed by atoms with van der Waals surface area (Å²) in [7, 11) is 1.59. The highest BCUT2D eigenvalue weighted by Crippen LogP contribution is 2.21. The number of hydrogen-bond acceptors (Lipinski definition) is 8. The summed E-state index contributed by atoms with van der Waals surface area (Å²) in [6, 6.07) is 17.1. The number of aryl methyl sites for hydroxylation is 1. The SMILES string of the molecule is COc1ccccc1CC(=O)Nc1nnc(CCCCC2=CC=C(NC(=O)Cc3ccccc3)NN2)s1. The molecule has 37 heavy (non-hydrogen) atoms. The highest BCUT2D eigenvalue weighted by molar-refractivity contribution is 7.15. The van der Waals surface area contributed by atoms with E-state index >= 15 is 0 Å². The lowest BCUT2D eigenvalue weighted by atomic mass is 10.1. The monoisotopic (exact) mass is 518 g/mol. The first kappa shape index (κ1) is 25.9. The van der Waals surface area contributed by atoms with Gasteiger partial charge in [-0.25, -0.2) is 0 Å². The van der Waals surface area contributed by atoms with Crippen LogP contribution in [0.25, 0.3) is 0 Å². The lowest BCUT2D eigenvalue weighted by Crippen LogP contribution is -2.41. The number of ether oxygens (including phenoxy) is 1. The van der Waals surface area contributed by atoms with E-state index in [1.54, 1.807) is 7.11 Å². The third kappa shape index (κ3) is 8.18. The van der Waals surface area contributed by atoms with Crippen molar-refractivity contribution < 1.29 is 14.3 Å². The molecule has 0 atom stereocenters. The fourth-order valence-corrected chi connectivity index (χ4v) is 4.59. The molecule has 0 unspecified atom stereocenters. The third-order valence-electron chi connectivity index (χ3n) is 5.63. The number of allylic oxidation sites excluding steroid dienone is 3. The fraction of sp³-hybridized carbons (Fsp3) is 0.259. The highest BCUT2D eigenvalue weighted by Gasteiger charge is 2.12. The van der Waals surface area contributed by atoms with Crippen molar-refractivity contribution in [3.05, 3.63) is 94.4 Å². The van der Waals surface area contributed by atoms with E-state index in [0.717, 1.165) is 47.5 Å². The van der Waals surface area contributed by atoms with Crippen molar-refractivity contribution in [1.29, 1.82) is 0 Å². The minimum atomic E-state index is -0.154. The van der Waals surface area contributed by atoms with Crippen LogP contribution in [-0.4, -0.2) is 29.1 Å². The highest BCUT2D eigenvalue weighted by atomic mass is 32.1. The van der Waals surface area contributed by atoms with Crippen LogP contribution in [0.15, 0.2) is 78.3 Å². The van der Waals surface area contributed by atoms with E-state index in [4.69, 9.17) is 4.74 Å². The molecule has 0 saturated carbocycles. The van der Waals surface area contributed by atoms with Crippen molar-refractivity contribution in [2.45, 2.75) is 38.5 Å². The van der Waals surface area contributed by atoms with Gasteiger partial charge in [0, 0.05) is 17.7 Å². The molecule has 2 aromatic carbocycles. The van der Waals surface area contributed by atoms with E-state index in [2.05, 4.69) is 31.7 Å². The lowest BCUT2D eigenvalue weighted by Gasteiger charge is -2.20.